The van der Waals surface area contributed by atoms with E-state index in [1.54, 1.807) is 28.0 Å². The van der Waals surface area contributed by atoms with E-state index in [1.807, 2.05) is 6.07 Å². The Morgan fingerprint density at radius 2 is 2.04 bits per heavy atom. The maximum Gasteiger partial charge on any atom is 0.407 e. The van der Waals surface area contributed by atoms with Gasteiger partial charge in [0.2, 0.25) is 0 Å². The lowest BCUT2D eigenvalue weighted by Gasteiger charge is -2.45. The van der Waals surface area contributed by atoms with Crippen LogP contribution in [0.15, 0.2) is 18.3 Å². The molecule has 4 heterocycles. The highest BCUT2D eigenvalue weighted by molar-refractivity contribution is 8.23. The number of amides is 1. The Hall–Kier alpha value is -1.79. The van der Waals surface area contributed by atoms with Crippen LogP contribution in [0.3, 0.4) is 0 Å². The summed E-state index contributed by atoms with van der Waals surface area (Å²) in [7, 11) is -1.48. The number of hydrogen-bond acceptors (Lipinski definition) is 8. The van der Waals surface area contributed by atoms with Gasteiger partial charge in [-0.1, -0.05) is 11.0 Å². The number of methoxy groups -OCH3 is 1. The monoisotopic (exact) mass is 413 g/mol. The van der Waals surface area contributed by atoms with Gasteiger partial charge in [-0.15, -0.1) is 0 Å². The molecule has 0 aromatic carbocycles. The molecule has 3 N–H and O–H groups in total. The number of pyridine rings is 1. The van der Waals surface area contributed by atoms with Crippen molar-refractivity contribution in [3.05, 3.63) is 18.3 Å². The minimum absolute atomic E-state index is 0.187. The molecule has 10 nitrogen and oxygen atoms in total. The van der Waals surface area contributed by atoms with Crippen LogP contribution in [0.4, 0.5) is 16.3 Å². The van der Waals surface area contributed by atoms with Crippen molar-refractivity contribution in [3.63, 3.8) is 0 Å². The molecule has 2 atom stereocenters. The number of anilines is 2. The maximum absolute atomic E-state index is 11.2. The van der Waals surface area contributed by atoms with Crippen LogP contribution >= 0.6 is 11.0 Å². The lowest BCUT2D eigenvalue weighted by molar-refractivity contribution is 0.121. The molecule has 0 saturated carbocycles. The quantitative estimate of drug-likeness (QED) is 0.679. The van der Waals surface area contributed by atoms with E-state index in [0.717, 1.165) is 25.3 Å². The minimum atomic E-state index is -3.19. The van der Waals surface area contributed by atoms with Gasteiger partial charge >= 0.3 is 6.09 Å². The maximum atomic E-state index is 11.2. The van der Waals surface area contributed by atoms with E-state index in [9.17, 15) is 13.9 Å². The number of carbonyl (C=O) groups is 1. The normalized spacial score (nSPS) is 28.9. The summed E-state index contributed by atoms with van der Waals surface area (Å²) in [6.45, 7) is 3.28. The number of likely N-dealkylation sites (tertiary alicyclic amines) is 1. The second kappa shape index (κ2) is 7.56. The fraction of sp³-hybridized carbons (Fsp3) is 0.647. The molecule has 1 aromatic heterocycles. The zero-order valence-electron chi connectivity index (χ0n) is 15.8. The minimum Gasteiger partial charge on any atom is -0.465 e. The van der Waals surface area contributed by atoms with Crippen molar-refractivity contribution in [1.82, 2.24) is 14.2 Å². The molecule has 0 radical (unpaired) electrons. The number of carboxylic acid groups (broad SMARTS) is 1. The molecular formula is C17H27N5O5S. The van der Waals surface area contributed by atoms with Crippen molar-refractivity contribution in [2.75, 3.05) is 55.6 Å². The number of aromatic nitrogens is 1. The zero-order chi connectivity index (χ0) is 19.9. The standard InChI is InChI=1S/C17H27N5O5S/c1-27-15-4-7-19(12-15)16-10-13(2-5-18-16)21-8-9-22(28(21,25)26)14-3-6-20(11-14)17(23)24/h2,5,10,14-15,25-26H,3-4,6-9,11-12H2,1H3,(H,23,24). The van der Waals surface area contributed by atoms with Gasteiger partial charge in [-0.05, 0) is 18.9 Å². The van der Waals surface area contributed by atoms with Gasteiger partial charge in [0.25, 0.3) is 0 Å². The molecule has 3 fully saturated rings. The highest BCUT2D eigenvalue weighted by Gasteiger charge is 2.44. The lowest BCUT2D eigenvalue weighted by Crippen LogP contribution is -2.39. The first-order chi connectivity index (χ1) is 13.4. The van der Waals surface area contributed by atoms with E-state index in [0.29, 0.717) is 38.3 Å². The molecule has 2 unspecified atom stereocenters. The van der Waals surface area contributed by atoms with Crippen LogP contribution in [-0.4, -0.2) is 93.0 Å². The molecule has 3 saturated heterocycles. The Labute approximate surface area is 165 Å². The molecule has 0 aliphatic carbocycles. The molecule has 3 aliphatic rings. The third-order valence-corrected chi connectivity index (χ3v) is 7.89. The summed E-state index contributed by atoms with van der Waals surface area (Å²) < 4.78 is 30.6. The number of hydrogen-bond donors (Lipinski definition) is 3. The van der Waals surface area contributed by atoms with E-state index in [4.69, 9.17) is 9.84 Å². The summed E-state index contributed by atoms with van der Waals surface area (Å²) in [5.74, 6) is 0.795. The Balaban J connectivity index is 1.49. The van der Waals surface area contributed by atoms with E-state index < -0.39 is 17.1 Å². The number of nitrogens with zero attached hydrogens (tertiary/aromatic N) is 5. The molecule has 4 rings (SSSR count). The van der Waals surface area contributed by atoms with Gasteiger partial charge in [0.05, 0.1) is 24.4 Å². The molecule has 28 heavy (non-hydrogen) atoms. The third-order valence-electron chi connectivity index (χ3n) is 5.79. The molecule has 0 spiro atoms. The van der Waals surface area contributed by atoms with E-state index in [-0.39, 0.29) is 12.1 Å². The smallest absolute Gasteiger partial charge is 0.407 e. The molecule has 156 valence electrons. The zero-order valence-corrected chi connectivity index (χ0v) is 16.7. The predicted octanol–water partition coefficient (Wildman–Crippen LogP) is 1.76. The molecule has 1 amide bonds. The summed E-state index contributed by atoms with van der Waals surface area (Å²) in [6, 6.07) is 3.48. The summed E-state index contributed by atoms with van der Waals surface area (Å²) in [5, 5.41) is 9.16. The first kappa shape index (κ1) is 19.5. The number of ether oxygens (including phenoxy) is 1. The van der Waals surface area contributed by atoms with Crippen LogP contribution in [-0.2, 0) is 4.74 Å². The highest BCUT2D eigenvalue weighted by Crippen LogP contribution is 2.55. The predicted molar refractivity (Wildman–Crippen MR) is 107 cm³/mol. The van der Waals surface area contributed by atoms with Gasteiger partial charge in [0.1, 0.15) is 5.82 Å². The third kappa shape index (κ3) is 3.48. The average molecular weight is 414 g/mol. The van der Waals surface area contributed by atoms with Crippen LogP contribution in [0, 0.1) is 0 Å². The van der Waals surface area contributed by atoms with E-state index in [1.165, 1.54) is 4.90 Å². The van der Waals surface area contributed by atoms with Gasteiger partial charge in [0, 0.05) is 52.1 Å². The second-order valence-corrected chi connectivity index (χ2v) is 9.26. The van der Waals surface area contributed by atoms with Crippen LogP contribution in [0.5, 0.6) is 0 Å². The van der Waals surface area contributed by atoms with Crippen molar-refractivity contribution < 1.29 is 23.7 Å². The average Bonchev–Trinajstić information content (AvgIpc) is 3.39. The van der Waals surface area contributed by atoms with Crippen molar-refractivity contribution in [2.24, 2.45) is 0 Å². The van der Waals surface area contributed by atoms with Crippen molar-refractivity contribution in [3.8, 4) is 0 Å². The van der Waals surface area contributed by atoms with Crippen LogP contribution in [0.2, 0.25) is 0 Å². The first-order valence-corrected chi connectivity index (χ1v) is 10.9. The Kier molecular flexibility index (Phi) is 5.27. The molecule has 11 heteroatoms. The SMILES string of the molecule is COC1CCN(c2cc(N3CCN(C4CCN(C(=O)O)C4)S3(O)O)ccn2)C1. The Morgan fingerprint density at radius 1 is 1.21 bits per heavy atom. The van der Waals surface area contributed by atoms with E-state index >= 15 is 0 Å². The van der Waals surface area contributed by atoms with Gasteiger partial charge in [0.15, 0.2) is 0 Å². The second-order valence-electron chi connectivity index (χ2n) is 7.37. The van der Waals surface area contributed by atoms with Crippen LogP contribution in [0.1, 0.15) is 12.8 Å². The van der Waals surface area contributed by atoms with Gasteiger partial charge in [-0.3, -0.25) is 13.4 Å². The summed E-state index contributed by atoms with van der Waals surface area (Å²) >= 11 is 0. The summed E-state index contributed by atoms with van der Waals surface area (Å²) in [6.07, 6.45) is 2.45. The molecule has 0 bridgehead atoms. The number of rotatable bonds is 4. The first-order valence-electron chi connectivity index (χ1n) is 9.44. The molecule has 1 aromatic rings. The molecule has 3 aliphatic heterocycles. The summed E-state index contributed by atoms with van der Waals surface area (Å²) in [5.41, 5.74) is 0.710. The van der Waals surface area contributed by atoms with Crippen molar-refractivity contribution >= 4 is 28.6 Å². The lowest BCUT2D eigenvalue weighted by atomic mass is 10.2. The largest absolute Gasteiger partial charge is 0.465 e. The molecular weight excluding hydrogens is 386 g/mol. The van der Waals surface area contributed by atoms with Crippen LogP contribution in [0.25, 0.3) is 0 Å². The van der Waals surface area contributed by atoms with Gasteiger partial charge in [-0.2, -0.15) is 4.31 Å². The van der Waals surface area contributed by atoms with Crippen molar-refractivity contribution in [1.29, 1.82) is 0 Å². The van der Waals surface area contributed by atoms with Gasteiger partial charge in [-0.25, -0.2) is 9.78 Å². The Bertz CT molecular complexity index is 738. The van der Waals surface area contributed by atoms with Gasteiger partial charge < -0.3 is 19.6 Å². The highest BCUT2D eigenvalue weighted by atomic mass is 32.3. The Morgan fingerprint density at radius 3 is 2.71 bits per heavy atom. The fourth-order valence-electron chi connectivity index (χ4n) is 4.23. The topological polar surface area (TPSA) is 113 Å². The summed E-state index contributed by atoms with van der Waals surface area (Å²) in [4.78, 5) is 19.1. The van der Waals surface area contributed by atoms with Crippen LogP contribution < -0.4 is 9.21 Å². The van der Waals surface area contributed by atoms with Crippen molar-refractivity contribution in [2.45, 2.75) is 25.0 Å². The van der Waals surface area contributed by atoms with E-state index in [2.05, 4.69) is 9.88 Å². The fourth-order valence-corrected chi connectivity index (χ4v) is 6.10.